The second-order valence-electron chi connectivity index (χ2n) is 8.13. The number of aromatic nitrogens is 5. The summed E-state index contributed by atoms with van der Waals surface area (Å²) in [4.78, 5) is 22.5. The van der Waals surface area contributed by atoms with Crippen molar-refractivity contribution < 1.29 is 0 Å². The second-order valence-corrected chi connectivity index (χ2v) is 8.13. The van der Waals surface area contributed by atoms with Gasteiger partial charge in [0.2, 0.25) is 0 Å². The highest BCUT2D eigenvalue weighted by Gasteiger charge is 2.16. The van der Waals surface area contributed by atoms with Crippen LogP contribution < -0.4 is 10.6 Å². The van der Waals surface area contributed by atoms with Gasteiger partial charge in [0.25, 0.3) is 0 Å². The molecule has 7 nitrogen and oxygen atoms in total. The number of benzene rings is 1. The van der Waals surface area contributed by atoms with Gasteiger partial charge in [0.1, 0.15) is 23.2 Å². The Hall–Kier alpha value is -3.71. The molecule has 4 aromatic rings. The van der Waals surface area contributed by atoms with Crippen LogP contribution in [0.3, 0.4) is 0 Å². The largest absolute Gasteiger partial charge is 0.325 e. The lowest BCUT2D eigenvalue weighted by molar-refractivity contribution is 0.346. The molecule has 160 valence electrons. The lowest BCUT2D eigenvalue weighted by atomic mass is 9.94. The van der Waals surface area contributed by atoms with Crippen molar-refractivity contribution in [2.24, 2.45) is 5.92 Å². The highest BCUT2D eigenvalue weighted by Crippen LogP contribution is 2.18. The van der Waals surface area contributed by atoms with Crippen molar-refractivity contribution in [3.8, 4) is 11.5 Å². The van der Waals surface area contributed by atoms with Crippen LogP contribution in [-0.4, -0.2) is 38.0 Å². The fourth-order valence-electron chi connectivity index (χ4n) is 3.71. The number of rotatable bonds is 7. The van der Waals surface area contributed by atoms with Gasteiger partial charge >= 0.3 is 0 Å². The number of nitrogens with zero attached hydrogens (tertiary/aromatic N) is 5. The molecule has 1 saturated heterocycles. The molecule has 0 atom stereocenters. The Morgan fingerprint density at radius 1 is 0.844 bits per heavy atom. The van der Waals surface area contributed by atoms with Crippen LogP contribution in [0.1, 0.15) is 22.6 Å². The Balaban J connectivity index is 1.27. The summed E-state index contributed by atoms with van der Waals surface area (Å²) < 4.78 is 0. The van der Waals surface area contributed by atoms with Crippen molar-refractivity contribution in [3.05, 3.63) is 89.6 Å². The normalized spacial score (nSPS) is 13.5. The van der Waals surface area contributed by atoms with Gasteiger partial charge in [-0.05, 0) is 67.7 Å². The summed E-state index contributed by atoms with van der Waals surface area (Å²) in [5.74, 6) is 3.48. The molecular weight excluding hydrogens is 398 g/mol. The Bertz CT molecular complexity index is 1200. The summed E-state index contributed by atoms with van der Waals surface area (Å²) in [5, 5.41) is 6.59. The Morgan fingerprint density at radius 3 is 2.34 bits per heavy atom. The van der Waals surface area contributed by atoms with E-state index in [1.54, 1.807) is 12.4 Å². The fourth-order valence-corrected chi connectivity index (χ4v) is 3.71. The van der Waals surface area contributed by atoms with Gasteiger partial charge in [0, 0.05) is 24.5 Å². The molecule has 3 aromatic heterocycles. The lowest BCUT2D eigenvalue weighted by Crippen LogP contribution is -2.43. The van der Waals surface area contributed by atoms with E-state index in [-0.39, 0.29) is 0 Å². The zero-order valence-electron chi connectivity index (χ0n) is 18.0. The third-order valence-corrected chi connectivity index (χ3v) is 5.51. The van der Waals surface area contributed by atoms with E-state index in [0.29, 0.717) is 23.9 Å². The lowest BCUT2D eigenvalue weighted by Gasteiger charge is -2.27. The predicted molar refractivity (Wildman–Crippen MR) is 125 cm³/mol. The van der Waals surface area contributed by atoms with Crippen molar-refractivity contribution in [2.45, 2.75) is 19.8 Å². The number of nitrogens with one attached hydrogen (secondary N) is 2. The van der Waals surface area contributed by atoms with Crippen molar-refractivity contribution in [3.63, 3.8) is 0 Å². The average molecular weight is 424 g/mol. The topological polar surface area (TPSA) is 88.5 Å². The van der Waals surface area contributed by atoms with Crippen LogP contribution >= 0.6 is 0 Å². The summed E-state index contributed by atoms with van der Waals surface area (Å²) in [6.45, 7) is 4.21. The molecule has 0 amide bonds. The molecule has 0 bridgehead atoms. The number of pyridine rings is 1. The van der Waals surface area contributed by atoms with Crippen LogP contribution in [-0.2, 0) is 12.8 Å². The maximum absolute atomic E-state index is 4.67. The molecule has 4 heterocycles. The summed E-state index contributed by atoms with van der Waals surface area (Å²) in [6, 6.07) is 18.3. The summed E-state index contributed by atoms with van der Waals surface area (Å²) in [5.41, 5.74) is 4.26. The number of hydrogen-bond donors (Lipinski definition) is 2. The molecule has 1 aliphatic heterocycles. The van der Waals surface area contributed by atoms with Crippen LogP contribution in [0.4, 0.5) is 11.6 Å². The van der Waals surface area contributed by atoms with E-state index in [1.807, 2.05) is 37.3 Å². The first-order valence-electron chi connectivity index (χ1n) is 10.9. The number of aryl methyl sites for hydroxylation is 1. The van der Waals surface area contributed by atoms with Gasteiger partial charge < -0.3 is 10.6 Å². The molecule has 32 heavy (non-hydrogen) atoms. The minimum atomic E-state index is 0.575. The molecule has 0 unspecified atom stereocenters. The van der Waals surface area contributed by atoms with E-state index in [1.165, 1.54) is 11.1 Å². The van der Waals surface area contributed by atoms with Crippen LogP contribution in [0.25, 0.3) is 11.5 Å². The average Bonchev–Trinajstić information content (AvgIpc) is 2.78. The monoisotopic (exact) mass is 423 g/mol. The molecule has 0 saturated carbocycles. The molecular formula is C25H25N7. The number of anilines is 2. The van der Waals surface area contributed by atoms with Gasteiger partial charge in [-0.15, -0.1) is 0 Å². The minimum absolute atomic E-state index is 0.575. The first-order chi connectivity index (χ1) is 15.7. The Morgan fingerprint density at radius 2 is 1.59 bits per heavy atom. The molecule has 0 spiro atoms. The van der Waals surface area contributed by atoms with Crippen LogP contribution in [0.2, 0.25) is 0 Å². The first kappa shape index (κ1) is 20.2. The van der Waals surface area contributed by atoms with Crippen LogP contribution in [0, 0.1) is 12.8 Å². The summed E-state index contributed by atoms with van der Waals surface area (Å²) in [6.07, 6.45) is 5.32. The van der Waals surface area contributed by atoms with Crippen molar-refractivity contribution in [2.75, 3.05) is 18.4 Å². The van der Waals surface area contributed by atoms with Gasteiger partial charge in [0.15, 0.2) is 5.82 Å². The molecule has 1 aromatic carbocycles. The third-order valence-electron chi connectivity index (χ3n) is 5.51. The molecule has 1 fully saturated rings. The molecule has 7 heteroatoms. The maximum Gasteiger partial charge on any atom is 0.180 e. The standard InChI is InChI=1S/C25H25N7/c1-17-3-2-4-21(29-17)25-28-12-10-23(32-25)30-22-9-11-27-24(31-22)14-19-7-5-18(6-8-19)13-20-15-26-16-20/h2-12,20,26H,13-16H2,1H3,(H,27,28,30,31,32). The number of hydrogen-bond acceptors (Lipinski definition) is 7. The zero-order chi connectivity index (χ0) is 21.8. The SMILES string of the molecule is Cc1cccc(-c2nccc(Nc3ccnc(Cc4ccc(CC5CNC5)cc4)n3)n2)n1. The van der Waals surface area contributed by atoms with E-state index in [0.717, 1.165) is 42.6 Å². The fraction of sp³-hybridized carbons (Fsp3) is 0.240. The van der Waals surface area contributed by atoms with E-state index >= 15 is 0 Å². The zero-order valence-corrected chi connectivity index (χ0v) is 18.0. The van der Waals surface area contributed by atoms with Crippen molar-refractivity contribution in [1.82, 2.24) is 30.2 Å². The van der Waals surface area contributed by atoms with E-state index in [4.69, 9.17) is 0 Å². The van der Waals surface area contributed by atoms with E-state index in [9.17, 15) is 0 Å². The quantitative estimate of drug-likeness (QED) is 0.468. The van der Waals surface area contributed by atoms with Crippen molar-refractivity contribution in [1.29, 1.82) is 0 Å². The highest BCUT2D eigenvalue weighted by molar-refractivity contribution is 5.56. The molecule has 2 N–H and O–H groups in total. The maximum atomic E-state index is 4.67. The van der Waals surface area contributed by atoms with Crippen molar-refractivity contribution >= 4 is 11.6 Å². The van der Waals surface area contributed by atoms with Crippen LogP contribution in [0.5, 0.6) is 0 Å². The minimum Gasteiger partial charge on any atom is -0.325 e. The highest BCUT2D eigenvalue weighted by atomic mass is 15.1. The third kappa shape index (κ3) is 4.95. The predicted octanol–water partition coefficient (Wildman–Crippen LogP) is 3.73. The summed E-state index contributed by atoms with van der Waals surface area (Å²) >= 11 is 0. The Kier molecular flexibility index (Phi) is 5.81. The molecule has 0 aliphatic carbocycles. The van der Waals surface area contributed by atoms with Crippen LogP contribution in [0.15, 0.2) is 67.0 Å². The smallest absolute Gasteiger partial charge is 0.180 e. The van der Waals surface area contributed by atoms with E-state index in [2.05, 4.69) is 59.8 Å². The molecule has 0 radical (unpaired) electrons. The Labute approximate surface area is 187 Å². The summed E-state index contributed by atoms with van der Waals surface area (Å²) in [7, 11) is 0. The van der Waals surface area contributed by atoms with Gasteiger partial charge in [0.05, 0.1) is 0 Å². The molecule has 1 aliphatic rings. The van der Waals surface area contributed by atoms with Gasteiger partial charge in [-0.1, -0.05) is 30.3 Å². The molecule has 5 rings (SSSR count). The van der Waals surface area contributed by atoms with E-state index < -0.39 is 0 Å². The van der Waals surface area contributed by atoms with Gasteiger partial charge in [-0.2, -0.15) is 0 Å². The first-order valence-corrected chi connectivity index (χ1v) is 10.9. The second kappa shape index (κ2) is 9.20. The van der Waals surface area contributed by atoms with Gasteiger partial charge in [-0.25, -0.2) is 24.9 Å². The van der Waals surface area contributed by atoms with Gasteiger partial charge in [-0.3, -0.25) is 0 Å².